The van der Waals surface area contributed by atoms with Crippen molar-refractivity contribution in [3.63, 3.8) is 0 Å². The van der Waals surface area contributed by atoms with Crippen LogP contribution in [-0.4, -0.2) is 38.9 Å². The number of nitrogens with one attached hydrogen (secondary N) is 1. The number of aliphatic carboxylic acids is 1. The van der Waals surface area contributed by atoms with Crippen molar-refractivity contribution in [3.05, 3.63) is 119 Å². The first-order valence-electron chi connectivity index (χ1n) is 14.7. The van der Waals surface area contributed by atoms with Crippen LogP contribution in [0.25, 0.3) is 11.1 Å². The van der Waals surface area contributed by atoms with Gasteiger partial charge < -0.3 is 25.0 Å². The Morgan fingerprint density at radius 3 is 2.39 bits per heavy atom. The second kappa shape index (κ2) is 15.6. The molecule has 5 rings (SSSR count). The van der Waals surface area contributed by atoms with E-state index in [1.165, 1.54) is 0 Å². The molecule has 8 nitrogen and oxygen atoms in total. The third kappa shape index (κ3) is 9.00. The van der Waals surface area contributed by atoms with Gasteiger partial charge in [0.25, 0.3) is 0 Å². The van der Waals surface area contributed by atoms with Crippen LogP contribution in [0, 0.1) is 0 Å². The summed E-state index contributed by atoms with van der Waals surface area (Å²) < 4.78 is 13.0. The summed E-state index contributed by atoms with van der Waals surface area (Å²) in [6, 6.07) is 29.9. The summed E-state index contributed by atoms with van der Waals surface area (Å²) in [6.45, 7) is 0.375. The molecule has 0 radical (unpaired) electrons. The highest BCUT2D eigenvalue weighted by Gasteiger charge is 2.32. The van der Waals surface area contributed by atoms with E-state index in [1.54, 1.807) is 18.0 Å². The molecule has 0 spiro atoms. The minimum absolute atomic E-state index is 0.000624. The Labute approximate surface area is 261 Å². The first-order chi connectivity index (χ1) is 21.5. The van der Waals surface area contributed by atoms with E-state index in [4.69, 9.17) is 14.6 Å². The molecule has 1 fully saturated rings. The number of rotatable bonds is 13. The fourth-order valence-corrected chi connectivity index (χ4v) is 5.90. The van der Waals surface area contributed by atoms with Gasteiger partial charge in [0.1, 0.15) is 0 Å². The molecule has 4 aromatic rings. The molecule has 9 heteroatoms. The van der Waals surface area contributed by atoms with Crippen molar-refractivity contribution in [3.8, 4) is 11.1 Å². The van der Waals surface area contributed by atoms with E-state index in [9.17, 15) is 14.7 Å². The summed E-state index contributed by atoms with van der Waals surface area (Å²) in [7, 11) is 0. The number of carboxylic acid groups (broad SMARTS) is 1. The minimum Gasteiger partial charge on any atom is -0.481 e. The Morgan fingerprint density at radius 2 is 1.66 bits per heavy atom. The number of thioether (sulfide) groups is 1. The van der Waals surface area contributed by atoms with Gasteiger partial charge in [-0.3, -0.25) is 9.59 Å². The number of benzene rings is 3. The van der Waals surface area contributed by atoms with E-state index in [0.29, 0.717) is 19.4 Å². The van der Waals surface area contributed by atoms with Gasteiger partial charge in [0.2, 0.25) is 5.91 Å². The Balaban J connectivity index is 1.26. The van der Waals surface area contributed by atoms with Gasteiger partial charge in [-0.25, -0.2) is 4.98 Å². The molecule has 0 aliphatic carbocycles. The number of carboxylic acids is 1. The van der Waals surface area contributed by atoms with E-state index in [1.807, 2.05) is 91.0 Å². The molecular formula is C35H36N2O6S. The Bertz CT molecular complexity index is 1510. The highest BCUT2D eigenvalue weighted by Crippen LogP contribution is 2.39. The SMILES string of the molecule is O=C(O)CCCC(=O)NCc1cccc(-c2ccc(C3OC(CSc4ccccn4)CC(c4ccc(CO)cc4)O3)cc2)c1. The second-order valence-corrected chi connectivity index (χ2v) is 11.7. The van der Waals surface area contributed by atoms with Crippen molar-refractivity contribution in [2.75, 3.05) is 5.75 Å². The van der Waals surface area contributed by atoms with E-state index in [-0.39, 0.29) is 37.6 Å². The lowest BCUT2D eigenvalue weighted by atomic mass is 9.99. The predicted octanol–water partition coefficient (Wildman–Crippen LogP) is 6.45. The van der Waals surface area contributed by atoms with Gasteiger partial charge >= 0.3 is 5.97 Å². The van der Waals surface area contributed by atoms with Gasteiger partial charge in [0.05, 0.1) is 23.8 Å². The Kier molecular flexibility index (Phi) is 11.2. The molecule has 0 bridgehead atoms. The molecule has 3 aromatic carbocycles. The summed E-state index contributed by atoms with van der Waals surface area (Å²) in [5.74, 6) is -0.318. The third-order valence-electron chi connectivity index (χ3n) is 7.40. The minimum atomic E-state index is -0.897. The van der Waals surface area contributed by atoms with Crippen LogP contribution in [0.1, 0.15) is 60.3 Å². The Morgan fingerprint density at radius 1 is 0.864 bits per heavy atom. The number of pyridine rings is 1. The lowest BCUT2D eigenvalue weighted by Crippen LogP contribution is -2.31. The molecular weight excluding hydrogens is 576 g/mol. The molecule has 3 atom stereocenters. The molecule has 2 heterocycles. The maximum atomic E-state index is 12.1. The van der Waals surface area contributed by atoms with Crippen LogP contribution < -0.4 is 5.32 Å². The van der Waals surface area contributed by atoms with Gasteiger partial charge in [0.15, 0.2) is 6.29 Å². The highest BCUT2D eigenvalue weighted by molar-refractivity contribution is 7.99. The van der Waals surface area contributed by atoms with Crippen molar-refractivity contribution >= 4 is 23.6 Å². The van der Waals surface area contributed by atoms with E-state index >= 15 is 0 Å². The van der Waals surface area contributed by atoms with Crippen LogP contribution in [0.2, 0.25) is 0 Å². The number of carbonyl (C=O) groups excluding carboxylic acids is 1. The summed E-state index contributed by atoms with van der Waals surface area (Å²) >= 11 is 1.66. The molecule has 0 saturated carbocycles. The van der Waals surface area contributed by atoms with Gasteiger partial charge in [-0.2, -0.15) is 0 Å². The molecule has 1 aliphatic heterocycles. The molecule has 228 valence electrons. The van der Waals surface area contributed by atoms with Crippen molar-refractivity contribution in [2.24, 2.45) is 0 Å². The smallest absolute Gasteiger partial charge is 0.303 e. The number of hydrogen-bond donors (Lipinski definition) is 3. The van der Waals surface area contributed by atoms with Crippen LogP contribution in [-0.2, 0) is 32.2 Å². The van der Waals surface area contributed by atoms with Gasteiger partial charge in [-0.05, 0) is 52.4 Å². The lowest BCUT2D eigenvalue weighted by molar-refractivity contribution is -0.245. The van der Waals surface area contributed by atoms with Gasteiger partial charge in [-0.1, -0.05) is 72.8 Å². The number of aromatic nitrogens is 1. The summed E-state index contributed by atoms with van der Waals surface area (Å²) in [6.07, 6.45) is 2.23. The van der Waals surface area contributed by atoms with Crippen LogP contribution in [0.5, 0.6) is 0 Å². The van der Waals surface area contributed by atoms with Crippen molar-refractivity contribution < 1.29 is 29.3 Å². The predicted molar refractivity (Wildman–Crippen MR) is 169 cm³/mol. The zero-order valence-corrected chi connectivity index (χ0v) is 25.1. The molecule has 1 aromatic heterocycles. The van der Waals surface area contributed by atoms with Crippen LogP contribution in [0.3, 0.4) is 0 Å². The lowest BCUT2D eigenvalue weighted by Gasteiger charge is -2.36. The number of carbonyl (C=O) groups is 2. The molecule has 3 unspecified atom stereocenters. The standard InChI is InChI=1S/C35H36N2O6S/c38-22-24-10-12-27(13-11-24)31-20-30(23-44-33-8-1-2-18-36-33)42-35(43-31)28-16-14-26(15-17-28)29-6-3-5-25(19-29)21-37-32(39)7-4-9-34(40)41/h1-3,5-6,8,10-19,30-31,35,38H,4,7,9,20-23H2,(H,37,39)(H,40,41). The summed E-state index contributed by atoms with van der Waals surface area (Å²) in [5, 5.41) is 22.0. The zero-order valence-electron chi connectivity index (χ0n) is 24.3. The number of aliphatic hydroxyl groups excluding tert-OH is 1. The zero-order chi connectivity index (χ0) is 30.7. The molecule has 44 heavy (non-hydrogen) atoms. The van der Waals surface area contributed by atoms with Crippen LogP contribution in [0.4, 0.5) is 0 Å². The van der Waals surface area contributed by atoms with Crippen LogP contribution in [0.15, 0.2) is 102 Å². The molecule has 3 N–H and O–H groups in total. The van der Waals surface area contributed by atoms with Crippen LogP contribution >= 0.6 is 11.8 Å². The summed E-state index contributed by atoms with van der Waals surface area (Å²) in [5.41, 5.74) is 5.83. The molecule has 1 aliphatic rings. The summed E-state index contributed by atoms with van der Waals surface area (Å²) in [4.78, 5) is 27.2. The highest BCUT2D eigenvalue weighted by atomic mass is 32.2. The topological polar surface area (TPSA) is 118 Å². The number of hydrogen-bond acceptors (Lipinski definition) is 7. The van der Waals surface area contributed by atoms with Crippen molar-refractivity contribution in [2.45, 2.75) is 62.4 Å². The normalized spacial score (nSPS) is 18.1. The molecule has 1 amide bonds. The van der Waals surface area contributed by atoms with E-state index in [0.717, 1.165) is 44.2 Å². The largest absolute Gasteiger partial charge is 0.481 e. The van der Waals surface area contributed by atoms with Gasteiger partial charge in [-0.15, -0.1) is 11.8 Å². The average Bonchev–Trinajstić information content (AvgIpc) is 3.07. The number of amides is 1. The van der Waals surface area contributed by atoms with Crippen molar-refractivity contribution in [1.29, 1.82) is 0 Å². The first kappa shape index (κ1) is 31.4. The average molecular weight is 613 g/mol. The Hall–Kier alpha value is -4.02. The number of aliphatic hydroxyl groups is 1. The number of ether oxygens (including phenoxy) is 2. The monoisotopic (exact) mass is 612 g/mol. The van der Waals surface area contributed by atoms with Crippen molar-refractivity contribution in [1.82, 2.24) is 10.3 Å². The fraction of sp³-hybridized carbons (Fsp3) is 0.286. The number of nitrogens with zero attached hydrogens (tertiary/aromatic N) is 1. The quantitative estimate of drug-likeness (QED) is 0.148. The fourth-order valence-electron chi connectivity index (χ4n) is 5.02. The first-order valence-corrected chi connectivity index (χ1v) is 15.7. The maximum absolute atomic E-state index is 12.1. The van der Waals surface area contributed by atoms with E-state index in [2.05, 4.69) is 10.3 Å². The maximum Gasteiger partial charge on any atom is 0.303 e. The van der Waals surface area contributed by atoms with Gasteiger partial charge in [0, 0.05) is 43.3 Å². The third-order valence-corrected chi connectivity index (χ3v) is 8.47. The second-order valence-electron chi connectivity index (χ2n) is 10.7. The molecule has 1 saturated heterocycles. The van der Waals surface area contributed by atoms with E-state index < -0.39 is 12.3 Å².